The number of likely N-dealkylation sites (tertiary alicyclic amines) is 1. The highest BCUT2D eigenvalue weighted by atomic mass is 16.2. The Balaban J connectivity index is 1.41. The highest BCUT2D eigenvalue weighted by Gasteiger charge is 2.48. The van der Waals surface area contributed by atoms with Crippen LogP contribution in [0.4, 0.5) is 0 Å². The van der Waals surface area contributed by atoms with Crippen molar-refractivity contribution >= 4 is 29.2 Å². The van der Waals surface area contributed by atoms with E-state index in [1.807, 2.05) is 95.3 Å². The van der Waals surface area contributed by atoms with Gasteiger partial charge in [-0.1, -0.05) is 121 Å². The van der Waals surface area contributed by atoms with E-state index in [-0.39, 0.29) is 53.8 Å². The van der Waals surface area contributed by atoms with E-state index >= 15 is 0 Å². The Kier molecular flexibility index (Phi) is 19.8. The maximum atomic E-state index is 14.3. The number of hydrogen-bond acceptors (Lipinski definition) is 6. The molecule has 320 valence electrons. The Bertz CT molecular complexity index is 1560. The van der Waals surface area contributed by atoms with Gasteiger partial charge in [-0.3, -0.25) is 24.0 Å². The van der Waals surface area contributed by atoms with Crippen LogP contribution in [0.5, 0.6) is 0 Å². The SMILES string of the molecule is CC(C)CC(NC(=O)C(CC(=O)[C@H](CC(C)C)NC(=O)[C@H](CCc1ccccc1)CC(=O)CCCCCCCN1CCCCC1)Cc1ccccc1)C(=O)C1(C)CC1. The molecule has 2 unspecified atom stereocenters. The highest BCUT2D eigenvalue weighted by Crippen LogP contribution is 2.47. The molecule has 2 amide bonds. The van der Waals surface area contributed by atoms with E-state index in [1.165, 1.54) is 51.7 Å². The summed E-state index contributed by atoms with van der Waals surface area (Å²) in [4.78, 5) is 72.1. The van der Waals surface area contributed by atoms with Gasteiger partial charge in [-0.2, -0.15) is 0 Å². The molecule has 2 aliphatic rings. The Morgan fingerprint density at radius 3 is 1.83 bits per heavy atom. The molecule has 0 spiro atoms. The molecule has 58 heavy (non-hydrogen) atoms. The van der Waals surface area contributed by atoms with Crippen molar-refractivity contribution < 1.29 is 24.0 Å². The summed E-state index contributed by atoms with van der Waals surface area (Å²) in [6, 6.07) is 18.3. The van der Waals surface area contributed by atoms with Crippen LogP contribution in [0.15, 0.2) is 60.7 Å². The van der Waals surface area contributed by atoms with Gasteiger partial charge in [0.15, 0.2) is 11.6 Å². The zero-order valence-electron chi connectivity index (χ0n) is 36.6. The first-order valence-corrected chi connectivity index (χ1v) is 22.8. The Morgan fingerprint density at radius 1 is 0.655 bits per heavy atom. The summed E-state index contributed by atoms with van der Waals surface area (Å²) in [6.45, 7) is 13.7. The quantitative estimate of drug-likeness (QED) is 0.0831. The van der Waals surface area contributed by atoms with Gasteiger partial charge in [-0.05, 0) is 113 Å². The van der Waals surface area contributed by atoms with Gasteiger partial charge in [-0.25, -0.2) is 0 Å². The number of piperidine rings is 1. The molecule has 0 aromatic heterocycles. The molecule has 2 fully saturated rings. The van der Waals surface area contributed by atoms with E-state index in [0.717, 1.165) is 43.2 Å². The number of rotatable bonds is 28. The van der Waals surface area contributed by atoms with Gasteiger partial charge in [0, 0.05) is 36.5 Å². The van der Waals surface area contributed by atoms with Crippen LogP contribution in [0, 0.1) is 29.1 Å². The third-order valence-corrected chi connectivity index (χ3v) is 12.3. The number of unbranched alkanes of at least 4 members (excludes halogenated alkanes) is 4. The molecule has 0 bridgehead atoms. The summed E-state index contributed by atoms with van der Waals surface area (Å²) in [5, 5.41) is 6.19. The third kappa shape index (κ3) is 16.9. The van der Waals surface area contributed by atoms with E-state index in [4.69, 9.17) is 0 Å². The number of carbonyl (C=O) groups is 5. The van der Waals surface area contributed by atoms with Crippen molar-refractivity contribution in [3.63, 3.8) is 0 Å². The monoisotopic (exact) mass is 798 g/mol. The molecule has 4 rings (SSSR count). The Hall–Kier alpha value is -3.65. The fourth-order valence-electron chi connectivity index (χ4n) is 8.48. The number of amides is 2. The standard InChI is InChI=1S/C50H75N3O5/c1-37(2)32-44(46(55)36-42(34-40-22-14-10-15-23-40)49(58)52-45(33-38(3)4)47(56)50(5)27-28-50)51-48(57)41(26-25-39-20-12-9-13-21-39)35-43(54)24-16-7-6-8-17-29-53-30-18-11-19-31-53/h9-10,12-15,20-23,37-38,41-42,44-45H,6-8,11,16-19,24-36H2,1-5H3,(H,51,57)(H,52,58)/t41-,42?,44+,45?/m1/s1. The molecule has 2 aromatic rings. The predicted molar refractivity (Wildman–Crippen MR) is 234 cm³/mol. The van der Waals surface area contributed by atoms with E-state index in [9.17, 15) is 24.0 Å². The third-order valence-electron chi connectivity index (χ3n) is 12.3. The molecule has 8 heteroatoms. The van der Waals surface area contributed by atoms with Gasteiger partial charge in [-0.15, -0.1) is 0 Å². The maximum absolute atomic E-state index is 14.3. The number of Topliss-reactive ketones (excluding diaryl/α,β-unsaturated/α-hetero) is 3. The lowest BCUT2D eigenvalue weighted by Crippen LogP contribution is -2.49. The molecule has 2 aromatic carbocycles. The first-order valence-electron chi connectivity index (χ1n) is 22.8. The van der Waals surface area contributed by atoms with E-state index in [1.54, 1.807) is 0 Å². The van der Waals surface area contributed by atoms with Crippen molar-refractivity contribution in [1.29, 1.82) is 0 Å². The lowest BCUT2D eigenvalue weighted by molar-refractivity contribution is -0.135. The average Bonchev–Trinajstić information content (AvgIpc) is 3.96. The van der Waals surface area contributed by atoms with E-state index in [2.05, 4.69) is 15.5 Å². The largest absolute Gasteiger partial charge is 0.346 e. The van der Waals surface area contributed by atoms with Gasteiger partial charge in [0.2, 0.25) is 11.8 Å². The summed E-state index contributed by atoms with van der Waals surface area (Å²) in [5.74, 6) is -1.57. The molecule has 1 aliphatic heterocycles. The minimum absolute atomic E-state index is 0.0656. The zero-order chi connectivity index (χ0) is 41.9. The van der Waals surface area contributed by atoms with Crippen molar-refractivity contribution in [2.24, 2.45) is 29.1 Å². The molecule has 2 N–H and O–H groups in total. The van der Waals surface area contributed by atoms with Crippen LogP contribution in [0.2, 0.25) is 0 Å². The van der Waals surface area contributed by atoms with Crippen LogP contribution >= 0.6 is 0 Å². The molecule has 1 aliphatic carbocycles. The first kappa shape index (κ1) is 47.0. The molecule has 1 saturated heterocycles. The van der Waals surface area contributed by atoms with Crippen LogP contribution in [-0.4, -0.2) is 65.8 Å². The van der Waals surface area contributed by atoms with Gasteiger partial charge in [0.25, 0.3) is 0 Å². The van der Waals surface area contributed by atoms with Crippen molar-refractivity contribution in [1.82, 2.24) is 15.5 Å². The summed E-state index contributed by atoms with van der Waals surface area (Å²) in [6.07, 6.45) is 14.0. The molecule has 0 radical (unpaired) electrons. The van der Waals surface area contributed by atoms with Crippen LogP contribution < -0.4 is 10.6 Å². The number of hydrogen-bond donors (Lipinski definition) is 2. The van der Waals surface area contributed by atoms with Gasteiger partial charge >= 0.3 is 0 Å². The molecular formula is C50H75N3O5. The molecule has 4 atom stereocenters. The van der Waals surface area contributed by atoms with E-state index in [0.29, 0.717) is 38.5 Å². The van der Waals surface area contributed by atoms with Crippen molar-refractivity contribution in [2.75, 3.05) is 19.6 Å². The summed E-state index contributed by atoms with van der Waals surface area (Å²) >= 11 is 0. The molecule has 1 saturated carbocycles. The molecule has 1 heterocycles. The lowest BCUT2D eigenvalue weighted by atomic mass is 9.87. The summed E-state index contributed by atoms with van der Waals surface area (Å²) in [5.41, 5.74) is 1.64. The zero-order valence-corrected chi connectivity index (χ0v) is 36.6. The smallest absolute Gasteiger partial charge is 0.224 e. The minimum Gasteiger partial charge on any atom is -0.346 e. The predicted octanol–water partition coefficient (Wildman–Crippen LogP) is 9.27. The van der Waals surface area contributed by atoms with Crippen LogP contribution in [0.1, 0.15) is 148 Å². The number of nitrogens with one attached hydrogen (secondary N) is 2. The van der Waals surface area contributed by atoms with Gasteiger partial charge in [0.1, 0.15) is 5.78 Å². The maximum Gasteiger partial charge on any atom is 0.224 e. The van der Waals surface area contributed by atoms with Crippen LogP contribution in [-0.2, 0) is 36.8 Å². The fourth-order valence-corrected chi connectivity index (χ4v) is 8.48. The second kappa shape index (κ2) is 24.4. The number of carbonyl (C=O) groups excluding carboxylic acids is 5. The summed E-state index contributed by atoms with van der Waals surface area (Å²) in [7, 11) is 0. The average molecular weight is 798 g/mol. The number of aryl methyl sites for hydroxylation is 1. The van der Waals surface area contributed by atoms with Crippen molar-refractivity contribution in [3.8, 4) is 0 Å². The van der Waals surface area contributed by atoms with Gasteiger partial charge in [0.05, 0.1) is 12.1 Å². The second-order valence-corrected chi connectivity index (χ2v) is 18.7. The second-order valence-electron chi connectivity index (χ2n) is 18.7. The minimum atomic E-state index is -0.795. The fraction of sp³-hybridized carbons (Fsp3) is 0.660. The van der Waals surface area contributed by atoms with Gasteiger partial charge < -0.3 is 15.5 Å². The van der Waals surface area contributed by atoms with E-state index < -0.39 is 29.3 Å². The number of ketones is 3. The Morgan fingerprint density at radius 2 is 1.21 bits per heavy atom. The van der Waals surface area contributed by atoms with Crippen LogP contribution in [0.25, 0.3) is 0 Å². The number of nitrogens with zero attached hydrogens (tertiary/aromatic N) is 1. The highest BCUT2D eigenvalue weighted by molar-refractivity contribution is 5.97. The van der Waals surface area contributed by atoms with Crippen LogP contribution in [0.3, 0.4) is 0 Å². The lowest BCUT2D eigenvalue weighted by Gasteiger charge is -2.27. The molecular weight excluding hydrogens is 723 g/mol. The normalized spacial score (nSPS) is 17.3. The number of benzene rings is 2. The van der Waals surface area contributed by atoms with Crippen molar-refractivity contribution in [2.45, 2.75) is 162 Å². The summed E-state index contributed by atoms with van der Waals surface area (Å²) < 4.78 is 0. The first-order chi connectivity index (χ1) is 27.8. The molecule has 8 nitrogen and oxygen atoms in total. The van der Waals surface area contributed by atoms with Crippen molar-refractivity contribution in [3.05, 3.63) is 71.8 Å². The topological polar surface area (TPSA) is 113 Å². The Labute approximate surface area is 350 Å².